The smallest absolute Gasteiger partial charge is 0.309 e. The van der Waals surface area contributed by atoms with Crippen LogP contribution in [0.3, 0.4) is 0 Å². The Labute approximate surface area is 207 Å². The first kappa shape index (κ1) is 28.4. The molecule has 2 unspecified atom stereocenters. The Morgan fingerprint density at radius 3 is 2.50 bits per heavy atom. The van der Waals surface area contributed by atoms with Crippen LogP contribution in [0.1, 0.15) is 71.0 Å². The third-order valence-electron chi connectivity index (χ3n) is 6.72. The zero-order valence-electron chi connectivity index (χ0n) is 21.2. The highest BCUT2D eigenvalue weighted by molar-refractivity contribution is 7.09. The van der Waals surface area contributed by atoms with Gasteiger partial charge in [0, 0.05) is 17.2 Å². The highest BCUT2D eigenvalue weighted by Gasteiger charge is 2.34. The number of allylic oxidation sites excluding steroid dienone is 1. The number of ether oxygens (including phenoxy) is 1. The van der Waals surface area contributed by atoms with E-state index in [2.05, 4.69) is 4.98 Å². The fourth-order valence-corrected chi connectivity index (χ4v) is 4.98. The van der Waals surface area contributed by atoms with Gasteiger partial charge < -0.3 is 20.7 Å². The van der Waals surface area contributed by atoms with Crippen LogP contribution in [0, 0.1) is 24.7 Å². The van der Waals surface area contributed by atoms with Gasteiger partial charge in [0.25, 0.3) is 0 Å². The lowest BCUT2D eigenvalue weighted by Crippen LogP contribution is -2.41. The minimum absolute atomic E-state index is 0.0675. The molecule has 0 saturated carbocycles. The first-order valence-electron chi connectivity index (χ1n) is 12.0. The number of aliphatic hydroxyl groups excluding tert-OH is 2. The van der Waals surface area contributed by atoms with Crippen molar-refractivity contribution in [2.45, 2.75) is 91.6 Å². The quantitative estimate of drug-likeness (QED) is 0.424. The van der Waals surface area contributed by atoms with Gasteiger partial charge in [-0.05, 0) is 57.6 Å². The van der Waals surface area contributed by atoms with Crippen molar-refractivity contribution < 1.29 is 24.5 Å². The predicted octanol–water partition coefficient (Wildman–Crippen LogP) is 3.81. The molecule has 2 heterocycles. The molecule has 8 heteroatoms. The summed E-state index contributed by atoms with van der Waals surface area (Å²) in [6, 6.07) is -0.577. The Morgan fingerprint density at radius 1 is 1.21 bits per heavy atom. The topological polar surface area (TPSA) is 123 Å². The van der Waals surface area contributed by atoms with Crippen LogP contribution in [-0.2, 0) is 14.3 Å². The Balaban J connectivity index is 2.35. The molecule has 34 heavy (non-hydrogen) atoms. The van der Waals surface area contributed by atoms with E-state index in [1.54, 1.807) is 13.8 Å². The average Bonchev–Trinajstić information content (AvgIpc) is 3.18. The molecular formula is C26H40N2O5S. The molecule has 0 saturated heterocycles. The summed E-state index contributed by atoms with van der Waals surface area (Å²) in [6.45, 7) is 11.0. The van der Waals surface area contributed by atoms with Crippen molar-refractivity contribution in [3.8, 4) is 0 Å². The summed E-state index contributed by atoms with van der Waals surface area (Å²) in [7, 11) is 0. The van der Waals surface area contributed by atoms with Gasteiger partial charge in [-0.25, -0.2) is 4.98 Å². The van der Waals surface area contributed by atoms with E-state index >= 15 is 0 Å². The molecule has 190 valence electrons. The lowest BCUT2D eigenvalue weighted by Gasteiger charge is -2.29. The number of aromatic nitrogens is 1. The van der Waals surface area contributed by atoms with Crippen molar-refractivity contribution in [1.82, 2.24) is 4.98 Å². The maximum Gasteiger partial charge on any atom is 0.309 e. The zero-order valence-corrected chi connectivity index (χ0v) is 22.0. The summed E-state index contributed by atoms with van der Waals surface area (Å²) >= 11 is 1.53. The van der Waals surface area contributed by atoms with E-state index in [4.69, 9.17) is 10.5 Å². The van der Waals surface area contributed by atoms with Crippen LogP contribution in [-0.4, -0.2) is 51.3 Å². The minimum atomic E-state index is -1.21. The molecule has 0 radical (unpaired) electrons. The van der Waals surface area contributed by atoms with Gasteiger partial charge in [0.1, 0.15) is 11.9 Å². The van der Waals surface area contributed by atoms with Crippen LogP contribution in [0.15, 0.2) is 22.6 Å². The van der Waals surface area contributed by atoms with Gasteiger partial charge in [-0.15, -0.1) is 11.3 Å². The second-order valence-corrected chi connectivity index (χ2v) is 10.9. The van der Waals surface area contributed by atoms with Crippen molar-refractivity contribution in [3.05, 3.63) is 33.3 Å². The molecule has 2 rings (SSSR count). The highest BCUT2D eigenvalue weighted by Crippen LogP contribution is 2.26. The number of cyclic esters (lactones) is 1. The maximum atomic E-state index is 12.9. The number of hydrogen-bond donors (Lipinski definition) is 3. The first-order valence-corrected chi connectivity index (χ1v) is 12.9. The Kier molecular flexibility index (Phi) is 10.6. The van der Waals surface area contributed by atoms with Crippen molar-refractivity contribution in [3.63, 3.8) is 0 Å². The number of aliphatic hydroxyl groups is 2. The number of nitrogens with zero attached hydrogens (tertiary/aromatic N) is 1. The molecular weight excluding hydrogens is 452 g/mol. The Hall–Kier alpha value is -1.87. The van der Waals surface area contributed by atoms with E-state index in [0.717, 1.165) is 41.1 Å². The molecule has 1 aliphatic rings. The Morgan fingerprint density at radius 2 is 1.88 bits per heavy atom. The van der Waals surface area contributed by atoms with Gasteiger partial charge in [0.15, 0.2) is 0 Å². The predicted molar refractivity (Wildman–Crippen MR) is 135 cm³/mol. The van der Waals surface area contributed by atoms with Crippen molar-refractivity contribution >= 4 is 29.2 Å². The van der Waals surface area contributed by atoms with E-state index in [-0.39, 0.29) is 18.1 Å². The number of aryl methyl sites for hydroxylation is 1. The number of Topliss-reactive ketones (excluding diaryl/α,β-unsaturated/α-hetero) is 1. The number of ketones is 1. The highest BCUT2D eigenvalue weighted by atomic mass is 32.1. The molecule has 0 spiro atoms. The number of rotatable bonds is 2. The van der Waals surface area contributed by atoms with Crippen LogP contribution in [0.2, 0.25) is 0 Å². The lowest BCUT2D eigenvalue weighted by atomic mass is 9.81. The maximum absolute atomic E-state index is 12.9. The van der Waals surface area contributed by atoms with E-state index in [1.165, 1.54) is 11.3 Å². The molecule has 1 aromatic heterocycles. The minimum Gasteiger partial charge on any atom is -0.456 e. The molecule has 7 atom stereocenters. The summed E-state index contributed by atoms with van der Waals surface area (Å²) in [6.07, 6.45) is 3.08. The van der Waals surface area contributed by atoms with E-state index in [1.807, 2.05) is 45.2 Å². The summed E-state index contributed by atoms with van der Waals surface area (Å²) in [5.41, 5.74) is 9.07. The van der Waals surface area contributed by atoms with E-state index in [9.17, 15) is 19.8 Å². The number of carbonyl (C=O) groups excluding carboxylic acids is 2. The van der Waals surface area contributed by atoms with Crippen molar-refractivity contribution in [2.75, 3.05) is 0 Å². The average molecular weight is 493 g/mol. The standard InChI is InChI=1S/C26H40N2O5S/c1-14-8-7-9-15(2)24(31)18(5)25(32)17(4)22(29)12-23(30)33-26(21(27)10-14)16(3)11-20-13-34-19(6)28-20/h10-11,13,15,17-18,21-22,24,26,29,31H,7-9,12,27H2,1-6H3/b14-10-,16-11+/t15-,17?,18+,21?,22-,24-,26+/m0/s1. The molecule has 1 aliphatic heterocycles. The van der Waals surface area contributed by atoms with Gasteiger partial charge in [-0.1, -0.05) is 32.4 Å². The van der Waals surface area contributed by atoms with Gasteiger partial charge in [0.2, 0.25) is 0 Å². The van der Waals surface area contributed by atoms with Crippen LogP contribution >= 0.6 is 11.3 Å². The summed E-state index contributed by atoms with van der Waals surface area (Å²) in [5, 5.41) is 24.1. The third kappa shape index (κ3) is 7.83. The molecule has 7 nitrogen and oxygen atoms in total. The van der Waals surface area contributed by atoms with Crippen molar-refractivity contribution in [2.24, 2.45) is 23.5 Å². The normalized spacial score (nSPS) is 34.9. The molecule has 0 aromatic carbocycles. The number of esters is 1. The van der Waals surface area contributed by atoms with Crippen LogP contribution in [0.4, 0.5) is 0 Å². The summed E-state index contributed by atoms with van der Waals surface area (Å²) in [5.74, 6) is -2.39. The number of hydrogen-bond acceptors (Lipinski definition) is 8. The second-order valence-electron chi connectivity index (χ2n) is 9.79. The number of thiazole rings is 1. The van der Waals surface area contributed by atoms with Gasteiger partial charge in [-0.2, -0.15) is 0 Å². The monoisotopic (exact) mass is 492 g/mol. The molecule has 0 amide bonds. The molecule has 1 aromatic rings. The van der Waals surface area contributed by atoms with Crippen LogP contribution in [0.25, 0.3) is 6.08 Å². The van der Waals surface area contributed by atoms with E-state index in [0.29, 0.717) is 0 Å². The molecule has 0 fully saturated rings. The SMILES string of the molecule is C/C1=C/C(N)[C@@H](/C(C)=C/c2csc(C)n2)OC(=O)C[C@H](O)C(C)C(=O)[C@H](C)[C@@H](O)[C@@H](C)CCC1. The second kappa shape index (κ2) is 12.7. The van der Waals surface area contributed by atoms with Gasteiger partial charge in [0.05, 0.1) is 35.4 Å². The molecule has 4 N–H and O–H groups in total. The van der Waals surface area contributed by atoms with Crippen molar-refractivity contribution in [1.29, 1.82) is 0 Å². The number of nitrogens with two attached hydrogens (primary N) is 1. The summed E-state index contributed by atoms with van der Waals surface area (Å²) < 4.78 is 5.75. The lowest BCUT2D eigenvalue weighted by molar-refractivity contribution is -0.151. The third-order valence-corrected chi connectivity index (χ3v) is 7.51. The van der Waals surface area contributed by atoms with Gasteiger partial charge in [-0.3, -0.25) is 9.59 Å². The zero-order chi connectivity index (χ0) is 25.6. The Bertz CT molecular complexity index is 909. The van der Waals surface area contributed by atoms with Crippen LogP contribution < -0.4 is 5.73 Å². The first-order chi connectivity index (χ1) is 15.9. The summed E-state index contributed by atoms with van der Waals surface area (Å²) in [4.78, 5) is 30.1. The van der Waals surface area contributed by atoms with Gasteiger partial charge >= 0.3 is 5.97 Å². The molecule has 0 bridgehead atoms. The fraction of sp³-hybridized carbons (Fsp3) is 0.654. The van der Waals surface area contributed by atoms with E-state index < -0.39 is 42.2 Å². The number of carbonyl (C=O) groups is 2. The molecule has 0 aliphatic carbocycles. The fourth-order valence-electron chi connectivity index (χ4n) is 4.41. The van der Waals surface area contributed by atoms with Crippen LogP contribution in [0.5, 0.6) is 0 Å². The largest absolute Gasteiger partial charge is 0.456 e.